The molecule has 0 aromatic rings. The van der Waals surface area contributed by atoms with Crippen molar-refractivity contribution >= 4 is 7.94 Å². The summed E-state index contributed by atoms with van der Waals surface area (Å²) >= 11 is 0. The van der Waals surface area contributed by atoms with Crippen LogP contribution in [0.2, 0.25) is 0 Å². The monoisotopic (exact) mass is 225 g/mol. The summed E-state index contributed by atoms with van der Waals surface area (Å²) in [6.07, 6.45) is 6.19. The highest BCUT2D eigenvalue weighted by Crippen LogP contribution is 2.70. The van der Waals surface area contributed by atoms with E-state index in [0.717, 1.165) is 30.6 Å². The number of hydrogen-bond acceptors (Lipinski definition) is 2. The first-order valence-electron chi connectivity index (χ1n) is 6.14. The van der Waals surface area contributed by atoms with Crippen molar-refractivity contribution in [2.75, 3.05) is 0 Å². The van der Waals surface area contributed by atoms with Gasteiger partial charge < -0.3 is 4.89 Å². The molecule has 4 rings (SSSR count). The lowest BCUT2D eigenvalue weighted by Crippen LogP contribution is -2.60. The van der Waals surface area contributed by atoms with Crippen molar-refractivity contribution in [1.82, 2.24) is 0 Å². The van der Waals surface area contributed by atoms with E-state index >= 15 is 0 Å². The first kappa shape index (κ1) is 10.2. The summed E-state index contributed by atoms with van der Waals surface area (Å²) < 4.78 is 0. The quantitative estimate of drug-likeness (QED) is 0.685. The minimum Gasteiger partial charge on any atom is -0.612 e. The van der Waals surface area contributed by atoms with Crippen LogP contribution in [0, 0.1) is 28.3 Å². The Morgan fingerprint density at radius 3 is 2.13 bits per heavy atom. The second-order valence-electron chi connectivity index (χ2n) is 6.59. The second-order valence-corrected chi connectivity index (χ2v) is 8.04. The van der Waals surface area contributed by atoms with Gasteiger partial charge in [-0.3, -0.25) is 0 Å². The summed E-state index contributed by atoms with van der Waals surface area (Å²) in [5.74, 6) is 2.33. The van der Waals surface area contributed by atoms with Gasteiger partial charge in [0.25, 0.3) is 0 Å². The van der Waals surface area contributed by atoms with Crippen LogP contribution < -0.4 is 4.89 Å². The zero-order valence-corrected chi connectivity index (χ0v) is 10.5. The van der Waals surface area contributed by atoms with Gasteiger partial charge in [0.1, 0.15) is 5.16 Å². The molecule has 3 atom stereocenters. The van der Waals surface area contributed by atoms with Crippen LogP contribution in [0.1, 0.15) is 46.0 Å². The van der Waals surface area contributed by atoms with Crippen LogP contribution in [0.5, 0.6) is 0 Å². The predicted octanol–water partition coefficient (Wildman–Crippen LogP) is 3.11. The molecule has 3 heteroatoms. The molecule has 15 heavy (non-hydrogen) atoms. The molecule has 4 aliphatic rings. The van der Waals surface area contributed by atoms with Gasteiger partial charge in [-0.2, -0.15) is 0 Å². The Labute approximate surface area is 92.8 Å². The molecule has 4 fully saturated rings. The average molecular weight is 225 g/mol. The molecule has 4 saturated carbocycles. The Morgan fingerprint density at radius 1 is 1.13 bits per heavy atom. The largest absolute Gasteiger partial charge is 0.612 e. The standard InChI is InChI=1S/C12H20NOP/c1-11(2)10-4-8-3-9(5-10)7-12(11,6-8)15(13)14/h8-10,13H,3-7H2,1-2H3. The van der Waals surface area contributed by atoms with Crippen LogP contribution in [0.25, 0.3) is 0 Å². The molecular formula is C12H20NOP. The highest BCUT2D eigenvalue weighted by Gasteiger charge is 2.66. The van der Waals surface area contributed by atoms with Gasteiger partial charge in [0, 0.05) is 5.41 Å². The first-order chi connectivity index (χ1) is 6.96. The fourth-order valence-corrected chi connectivity index (χ4v) is 6.41. The van der Waals surface area contributed by atoms with Crippen molar-refractivity contribution in [3.63, 3.8) is 0 Å². The Hall–Kier alpha value is 0.0600. The minimum absolute atomic E-state index is 0.128. The van der Waals surface area contributed by atoms with Gasteiger partial charge in [0.15, 0.2) is 7.94 Å². The van der Waals surface area contributed by atoms with E-state index in [2.05, 4.69) is 13.8 Å². The number of rotatable bonds is 1. The third-order valence-corrected chi connectivity index (χ3v) is 7.48. The van der Waals surface area contributed by atoms with E-state index in [1.54, 1.807) is 0 Å². The van der Waals surface area contributed by atoms with Crippen LogP contribution in [0.3, 0.4) is 0 Å². The van der Waals surface area contributed by atoms with Gasteiger partial charge in [0.05, 0.1) is 0 Å². The molecule has 0 saturated heterocycles. The van der Waals surface area contributed by atoms with Crippen molar-refractivity contribution < 1.29 is 4.89 Å². The summed E-state index contributed by atoms with van der Waals surface area (Å²) in [6, 6.07) is 0. The fourth-order valence-electron chi connectivity index (χ4n) is 4.86. The maximum absolute atomic E-state index is 11.9. The van der Waals surface area contributed by atoms with Crippen LogP contribution in [-0.4, -0.2) is 5.16 Å². The lowest BCUT2D eigenvalue weighted by Gasteiger charge is -2.62. The molecule has 1 N–H and O–H groups in total. The average Bonchev–Trinajstić information content (AvgIpc) is 2.13. The van der Waals surface area contributed by atoms with E-state index < -0.39 is 7.94 Å². The molecule has 0 amide bonds. The van der Waals surface area contributed by atoms with Gasteiger partial charge in [-0.15, -0.1) is 5.16 Å². The normalized spacial score (nSPS) is 51.9. The summed E-state index contributed by atoms with van der Waals surface area (Å²) in [4.78, 5) is 11.9. The molecular weight excluding hydrogens is 205 g/mol. The van der Waals surface area contributed by atoms with Crippen LogP contribution in [0.15, 0.2) is 0 Å². The molecule has 0 spiro atoms. The molecule has 0 aromatic carbocycles. The van der Waals surface area contributed by atoms with Crippen LogP contribution >= 0.6 is 7.94 Å². The van der Waals surface area contributed by atoms with Gasteiger partial charge >= 0.3 is 0 Å². The SMILES string of the molecule is CC1(C)C2CC3CC(C2)CC1([P+](=N)[O-])C3. The van der Waals surface area contributed by atoms with Crippen molar-refractivity contribution in [3.05, 3.63) is 0 Å². The highest BCUT2D eigenvalue weighted by molar-refractivity contribution is 7.39. The van der Waals surface area contributed by atoms with E-state index in [-0.39, 0.29) is 10.6 Å². The molecule has 4 aliphatic carbocycles. The molecule has 3 unspecified atom stereocenters. The Morgan fingerprint density at radius 2 is 1.67 bits per heavy atom. The predicted molar refractivity (Wildman–Crippen MR) is 59.7 cm³/mol. The van der Waals surface area contributed by atoms with Crippen LogP contribution in [-0.2, 0) is 0 Å². The first-order valence-corrected chi connectivity index (χ1v) is 7.40. The maximum atomic E-state index is 11.9. The number of hydrogen-bond donors (Lipinski definition) is 1. The molecule has 2 nitrogen and oxygen atoms in total. The van der Waals surface area contributed by atoms with Gasteiger partial charge in [-0.1, -0.05) is 13.8 Å². The Kier molecular flexibility index (Phi) is 1.94. The zero-order valence-electron chi connectivity index (χ0n) is 9.62. The van der Waals surface area contributed by atoms with E-state index in [0.29, 0.717) is 0 Å². The van der Waals surface area contributed by atoms with E-state index in [1.165, 1.54) is 19.3 Å². The van der Waals surface area contributed by atoms with Crippen LogP contribution in [0.4, 0.5) is 0 Å². The second kappa shape index (κ2) is 2.84. The smallest absolute Gasteiger partial charge is 0.166 e. The summed E-state index contributed by atoms with van der Waals surface area (Å²) in [5, 5.41) is 7.69. The molecule has 4 bridgehead atoms. The third kappa shape index (κ3) is 1.10. The summed E-state index contributed by atoms with van der Waals surface area (Å²) in [6.45, 7) is 4.55. The Balaban J connectivity index is 2.08. The van der Waals surface area contributed by atoms with Crippen molar-refractivity contribution in [1.29, 1.82) is 5.16 Å². The molecule has 0 aromatic heterocycles. The topological polar surface area (TPSA) is 46.9 Å². The molecule has 84 valence electrons. The summed E-state index contributed by atoms with van der Waals surface area (Å²) in [7, 11) is -1.76. The van der Waals surface area contributed by atoms with Gasteiger partial charge in [0.2, 0.25) is 0 Å². The molecule has 0 radical (unpaired) electrons. The Bertz CT molecular complexity index is 312. The van der Waals surface area contributed by atoms with Gasteiger partial charge in [-0.25, -0.2) is 0 Å². The molecule has 0 aliphatic heterocycles. The van der Waals surface area contributed by atoms with E-state index in [9.17, 15) is 4.89 Å². The van der Waals surface area contributed by atoms with E-state index in [1.807, 2.05) is 0 Å². The van der Waals surface area contributed by atoms with E-state index in [4.69, 9.17) is 5.16 Å². The third-order valence-electron chi connectivity index (χ3n) is 5.76. The lowest BCUT2D eigenvalue weighted by atomic mass is 9.46. The van der Waals surface area contributed by atoms with Crippen molar-refractivity contribution in [3.8, 4) is 0 Å². The van der Waals surface area contributed by atoms with Crippen molar-refractivity contribution in [2.45, 2.75) is 51.1 Å². The van der Waals surface area contributed by atoms with Crippen molar-refractivity contribution in [2.24, 2.45) is 23.2 Å². The lowest BCUT2D eigenvalue weighted by molar-refractivity contribution is -0.178. The zero-order chi connectivity index (χ0) is 10.8. The molecule has 0 heterocycles. The fraction of sp³-hybridized carbons (Fsp3) is 1.00. The minimum atomic E-state index is -1.76. The van der Waals surface area contributed by atoms with Gasteiger partial charge in [-0.05, 0) is 49.9 Å². The number of nitrogens with one attached hydrogen (secondary N) is 1. The maximum Gasteiger partial charge on any atom is 0.166 e. The highest BCUT2D eigenvalue weighted by atomic mass is 31.1. The summed E-state index contributed by atoms with van der Waals surface area (Å²) in [5.41, 5.74) is 0.148.